The summed E-state index contributed by atoms with van der Waals surface area (Å²) in [5, 5.41) is 0. The predicted octanol–water partition coefficient (Wildman–Crippen LogP) is 3.32. The van der Waals surface area contributed by atoms with E-state index >= 15 is 0 Å². The summed E-state index contributed by atoms with van der Waals surface area (Å²) in [7, 11) is -1.44. The predicted molar refractivity (Wildman–Crippen MR) is 102 cm³/mol. The molecule has 0 N–H and O–H groups in total. The summed E-state index contributed by atoms with van der Waals surface area (Å²) in [5.74, 6) is -0.682. The van der Waals surface area contributed by atoms with Crippen molar-refractivity contribution in [2.24, 2.45) is 0 Å². The Morgan fingerprint density at radius 1 is 1.07 bits per heavy atom. The molecule has 0 bridgehead atoms. The van der Waals surface area contributed by atoms with Gasteiger partial charge in [0.05, 0.1) is 23.7 Å². The van der Waals surface area contributed by atoms with Crippen LogP contribution >= 0.6 is 0 Å². The summed E-state index contributed by atoms with van der Waals surface area (Å²) >= 11 is 0. The van der Waals surface area contributed by atoms with E-state index in [1.807, 2.05) is 0 Å². The molecule has 1 fully saturated rings. The van der Waals surface area contributed by atoms with Crippen LogP contribution in [-0.2, 0) is 30.5 Å². The van der Waals surface area contributed by atoms with Gasteiger partial charge in [-0.3, -0.25) is 4.79 Å². The number of nitrogens with zero attached hydrogens (tertiary/aromatic N) is 1. The number of alkyl halides is 3. The third kappa shape index (κ3) is 4.35. The average Bonchev–Trinajstić information content (AvgIpc) is 3.18. The van der Waals surface area contributed by atoms with E-state index in [4.69, 9.17) is 9.47 Å². The third-order valence-corrected chi connectivity index (χ3v) is 6.90. The molecule has 0 radical (unpaired) electrons. The molecule has 1 saturated heterocycles. The fraction of sp³-hybridized carbons (Fsp3) is 0.350. The highest BCUT2D eigenvalue weighted by molar-refractivity contribution is 7.89. The van der Waals surface area contributed by atoms with Crippen molar-refractivity contribution in [2.75, 3.05) is 20.8 Å². The number of ether oxygens (including phenoxy) is 2. The van der Waals surface area contributed by atoms with Gasteiger partial charge in [-0.2, -0.15) is 17.5 Å². The number of benzene rings is 2. The minimum atomic E-state index is -4.48. The molecule has 0 aromatic heterocycles. The maximum absolute atomic E-state index is 13.1. The van der Waals surface area contributed by atoms with Crippen LogP contribution in [0.3, 0.4) is 0 Å². The SMILES string of the molecule is COC(=O)[C@H]1C[C@@H](OC)CN1S(=O)(=O)c1ccc(-c2cccc(C(F)(F)F)c2)cc1. The Labute approximate surface area is 172 Å². The van der Waals surface area contributed by atoms with Crippen molar-refractivity contribution in [3.8, 4) is 11.1 Å². The van der Waals surface area contributed by atoms with E-state index in [0.29, 0.717) is 11.1 Å². The van der Waals surface area contributed by atoms with Crippen LogP contribution in [0.15, 0.2) is 53.4 Å². The maximum atomic E-state index is 13.1. The van der Waals surface area contributed by atoms with Crippen LogP contribution in [0.1, 0.15) is 12.0 Å². The summed E-state index contributed by atoms with van der Waals surface area (Å²) in [4.78, 5) is 12.0. The second kappa shape index (κ2) is 8.37. The van der Waals surface area contributed by atoms with E-state index in [-0.39, 0.29) is 17.9 Å². The lowest BCUT2D eigenvalue weighted by atomic mass is 10.0. The van der Waals surface area contributed by atoms with Crippen LogP contribution in [0.25, 0.3) is 11.1 Å². The van der Waals surface area contributed by atoms with Gasteiger partial charge in [0.2, 0.25) is 10.0 Å². The summed E-state index contributed by atoms with van der Waals surface area (Å²) in [6, 6.07) is 9.23. The van der Waals surface area contributed by atoms with Crippen LogP contribution < -0.4 is 0 Å². The van der Waals surface area contributed by atoms with Crippen molar-refractivity contribution in [2.45, 2.75) is 29.6 Å². The molecule has 30 heavy (non-hydrogen) atoms. The number of hydrogen-bond donors (Lipinski definition) is 0. The van der Waals surface area contributed by atoms with Gasteiger partial charge in [-0.15, -0.1) is 0 Å². The Balaban J connectivity index is 1.91. The first-order chi connectivity index (χ1) is 14.1. The van der Waals surface area contributed by atoms with E-state index in [2.05, 4.69) is 0 Å². The minimum Gasteiger partial charge on any atom is -0.468 e. The van der Waals surface area contributed by atoms with Gasteiger partial charge in [0.25, 0.3) is 0 Å². The average molecular weight is 443 g/mol. The molecule has 0 aliphatic carbocycles. The van der Waals surface area contributed by atoms with Crippen LogP contribution in [0.5, 0.6) is 0 Å². The molecule has 6 nitrogen and oxygen atoms in total. The number of halogens is 3. The van der Waals surface area contributed by atoms with Gasteiger partial charge >= 0.3 is 12.1 Å². The molecule has 162 valence electrons. The largest absolute Gasteiger partial charge is 0.468 e. The topological polar surface area (TPSA) is 72.9 Å². The Kier molecular flexibility index (Phi) is 6.21. The lowest BCUT2D eigenvalue weighted by molar-refractivity contribution is -0.144. The number of sulfonamides is 1. The first-order valence-electron chi connectivity index (χ1n) is 8.98. The van der Waals surface area contributed by atoms with E-state index in [0.717, 1.165) is 16.4 Å². The molecule has 10 heteroatoms. The molecule has 0 saturated carbocycles. The second-order valence-corrected chi connectivity index (χ2v) is 8.70. The molecule has 1 aliphatic rings. The number of methoxy groups -OCH3 is 2. The number of hydrogen-bond acceptors (Lipinski definition) is 5. The maximum Gasteiger partial charge on any atom is 0.416 e. The zero-order chi connectivity index (χ0) is 22.1. The van der Waals surface area contributed by atoms with Crippen molar-refractivity contribution in [3.63, 3.8) is 0 Å². The molecule has 2 aromatic carbocycles. The minimum absolute atomic E-state index is 0.00597. The molecule has 0 spiro atoms. The van der Waals surface area contributed by atoms with E-state index < -0.39 is 39.9 Å². The Morgan fingerprint density at radius 2 is 1.73 bits per heavy atom. The quantitative estimate of drug-likeness (QED) is 0.663. The molecule has 0 amide bonds. The zero-order valence-corrected chi connectivity index (χ0v) is 17.0. The van der Waals surface area contributed by atoms with E-state index in [9.17, 15) is 26.4 Å². The van der Waals surface area contributed by atoms with Gasteiger partial charge in [-0.05, 0) is 35.4 Å². The first kappa shape index (κ1) is 22.3. The Morgan fingerprint density at radius 3 is 2.30 bits per heavy atom. The van der Waals surface area contributed by atoms with Gasteiger partial charge in [0.15, 0.2) is 0 Å². The van der Waals surface area contributed by atoms with Crippen molar-refractivity contribution in [3.05, 3.63) is 54.1 Å². The molecular formula is C20H20F3NO5S. The molecule has 1 heterocycles. The summed E-state index contributed by atoms with van der Waals surface area (Å²) in [5.41, 5.74) is -0.0529. The fourth-order valence-corrected chi connectivity index (χ4v) is 5.01. The van der Waals surface area contributed by atoms with Crippen molar-refractivity contribution in [1.29, 1.82) is 0 Å². The number of rotatable bonds is 5. The number of esters is 1. The van der Waals surface area contributed by atoms with Crippen molar-refractivity contribution < 1.29 is 35.9 Å². The lowest BCUT2D eigenvalue weighted by Gasteiger charge is -2.22. The summed E-state index contributed by atoms with van der Waals surface area (Å²) in [6.07, 6.45) is -4.76. The number of carbonyl (C=O) groups is 1. The summed E-state index contributed by atoms with van der Waals surface area (Å²) in [6.45, 7) is -0.00597. The molecule has 0 unspecified atom stereocenters. The summed E-state index contributed by atoms with van der Waals surface area (Å²) < 4.78 is 75.9. The zero-order valence-electron chi connectivity index (χ0n) is 16.2. The monoisotopic (exact) mass is 443 g/mol. The van der Waals surface area contributed by atoms with Gasteiger partial charge < -0.3 is 9.47 Å². The van der Waals surface area contributed by atoms with Gasteiger partial charge in [-0.25, -0.2) is 8.42 Å². The first-order valence-corrected chi connectivity index (χ1v) is 10.4. The van der Waals surface area contributed by atoms with Gasteiger partial charge in [0, 0.05) is 20.1 Å². The van der Waals surface area contributed by atoms with E-state index in [1.54, 1.807) is 0 Å². The smallest absolute Gasteiger partial charge is 0.416 e. The Bertz CT molecular complexity index is 1020. The van der Waals surface area contributed by atoms with Gasteiger partial charge in [0.1, 0.15) is 6.04 Å². The van der Waals surface area contributed by atoms with Crippen LogP contribution in [0.2, 0.25) is 0 Å². The highest BCUT2D eigenvalue weighted by atomic mass is 32.2. The van der Waals surface area contributed by atoms with E-state index in [1.165, 1.54) is 50.6 Å². The van der Waals surface area contributed by atoms with Crippen molar-refractivity contribution in [1.82, 2.24) is 4.31 Å². The molecule has 2 aromatic rings. The highest BCUT2D eigenvalue weighted by Crippen LogP contribution is 2.33. The third-order valence-electron chi connectivity index (χ3n) is 5.01. The van der Waals surface area contributed by atoms with Crippen LogP contribution in [0.4, 0.5) is 13.2 Å². The van der Waals surface area contributed by atoms with Gasteiger partial charge in [-0.1, -0.05) is 24.3 Å². The Hall–Kier alpha value is -2.43. The van der Waals surface area contributed by atoms with Crippen molar-refractivity contribution >= 4 is 16.0 Å². The standard InChI is InChI=1S/C20H20F3NO5S/c1-28-16-11-18(19(25)29-2)24(12-16)30(26,27)17-8-6-13(7-9-17)14-4-3-5-15(10-14)20(21,22)23/h3-10,16,18H,11-12H2,1-2H3/t16-,18-/m1/s1. The molecule has 1 aliphatic heterocycles. The number of carbonyl (C=O) groups excluding carboxylic acids is 1. The lowest BCUT2D eigenvalue weighted by Crippen LogP contribution is -2.41. The fourth-order valence-electron chi connectivity index (χ4n) is 3.39. The van der Waals surface area contributed by atoms with Crippen LogP contribution in [-0.4, -0.2) is 51.6 Å². The highest BCUT2D eigenvalue weighted by Gasteiger charge is 2.44. The second-order valence-electron chi connectivity index (χ2n) is 6.81. The normalized spacial score (nSPS) is 20.3. The molecule has 2 atom stereocenters. The molecular weight excluding hydrogens is 423 g/mol. The molecule has 3 rings (SSSR count). The van der Waals surface area contributed by atoms with Crippen LogP contribution in [0, 0.1) is 0 Å².